The van der Waals surface area contributed by atoms with Crippen LogP contribution in [0.15, 0.2) is 18.2 Å². The van der Waals surface area contributed by atoms with Crippen molar-refractivity contribution in [3.05, 3.63) is 39.4 Å². The van der Waals surface area contributed by atoms with Crippen LogP contribution in [0.2, 0.25) is 5.15 Å². The molecule has 0 aliphatic heterocycles. The minimum atomic E-state index is -0.0466. The van der Waals surface area contributed by atoms with Crippen molar-refractivity contribution >= 4 is 29.2 Å². The number of aryl methyl sites for hydroxylation is 1. The molecule has 0 saturated carbocycles. The van der Waals surface area contributed by atoms with Crippen molar-refractivity contribution in [1.82, 2.24) is 4.98 Å². The van der Waals surface area contributed by atoms with Crippen LogP contribution >= 0.6 is 22.9 Å². The van der Waals surface area contributed by atoms with E-state index in [0.29, 0.717) is 16.4 Å². The van der Waals surface area contributed by atoms with Crippen molar-refractivity contribution in [1.29, 1.82) is 0 Å². The van der Waals surface area contributed by atoms with Gasteiger partial charge in [-0.3, -0.25) is 4.79 Å². The van der Waals surface area contributed by atoms with Crippen LogP contribution in [0.5, 0.6) is 10.9 Å². The number of hydrogen-bond acceptors (Lipinski definition) is 4. The van der Waals surface area contributed by atoms with E-state index in [-0.39, 0.29) is 10.6 Å². The van der Waals surface area contributed by atoms with Crippen LogP contribution in [0.25, 0.3) is 0 Å². The van der Waals surface area contributed by atoms with Gasteiger partial charge in [0.25, 0.3) is 5.19 Å². The molecule has 0 amide bonds. The van der Waals surface area contributed by atoms with Gasteiger partial charge in [-0.15, -0.1) is 0 Å². The van der Waals surface area contributed by atoms with Gasteiger partial charge < -0.3 is 4.74 Å². The van der Waals surface area contributed by atoms with Crippen molar-refractivity contribution in [2.75, 3.05) is 0 Å². The molecule has 0 N–H and O–H groups in total. The monoisotopic (exact) mass is 323 g/mol. The maximum absolute atomic E-state index is 10.8. The summed E-state index contributed by atoms with van der Waals surface area (Å²) in [5.41, 5.74) is 2.33. The second kappa shape index (κ2) is 6.16. The van der Waals surface area contributed by atoms with Crippen LogP contribution in [0, 0.1) is 0 Å². The molecule has 3 nitrogen and oxygen atoms in total. The quantitative estimate of drug-likeness (QED) is 0.720. The van der Waals surface area contributed by atoms with Crippen LogP contribution in [0.1, 0.15) is 48.5 Å². The zero-order valence-electron chi connectivity index (χ0n) is 12.6. The van der Waals surface area contributed by atoms with Gasteiger partial charge in [0.2, 0.25) is 0 Å². The lowest BCUT2D eigenvalue weighted by Gasteiger charge is -2.23. The molecule has 0 bridgehead atoms. The van der Waals surface area contributed by atoms with E-state index < -0.39 is 0 Å². The third kappa shape index (κ3) is 3.63. The molecule has 2 aromatic rings. The molecule has 2 rings (SSSR count). The van der Waals surface area contributed by atoms with Gasteiger partial charge in [-0.25, -0.2) is 0 Å². The van der Waals surface area contributed by atoms with Gasteiger partial charge in [-0.1, -0.05) is 62.8 Å². The van der Waals surface area contributed by atoms with E-state index >= 15 is 0 Å². The van der Waals surface area contributed by atoms with E-state index in [1.54, 1.807) is 0 Å². The fourth-order valence-electron chi connectivity index (χ4n) is 1.98. The van der Waals surface area contributed by atoms with E-state index in [9.17, 15) is 4.79 Å². The summed E-state index contributed by atoms with van der Waals surface area (Å²) in [6, 6.07) is 6.15. The summed E-state index contributed by atoms with van der Waals surface area (Å²) in [5, 5.41) is 0.573. The van der Waals surface area contributed by atoms with Gasteiger partial charge in [0, 0.05) is 5.56 Å². The largest absolute Gasteiger partial charge is 0.431 e. The normalized spacial score (nSPS) is 11.5. The number of benzene rings is 1. The number of ether oxygens (including phenoxy) is 1. The lowest BCUT2D eigenvalue weighted by atomic mass is 9.85. The van der Waals surface area contributed by atoms with Crippen LogP contribution in [0.3, 0.4) is 0 Å². The van der Waals surface area contributed by atoms with Gasteiger partial charge in [0.05, 0.1) is 0 Å². The Bertz CT molecular complexity index is 659. The molecule has 0 radical (unpaired) electrons. The number of aromatic nitrogens is 1. The summed E-state index contributed by atoms with van der Waals surface area (Å²) in [6.45, 7) is 8.54. The molecule has 112 valence electrons. The maximum Gasteiger partial charge on any atom is 0.280 e. The van der Waals surface area contributed by atoms with E-state index in [0.717, 1.165) is 29.1 Å². The number of nitrogens with zero attached hydrogens (tertiary/aromatic N) is 1. The third-order valence-electron chi connectivity index (χ3n) is 3.15. The number of carbonyl (C=O) groups is 1. The molecule has 0 aliphatic carbocycles. The second-order valence-corrected chi connectivity index (χ2v) is 7.14. The average Bonchev–Trinajstić information content (AvgIpc) is 2.78. The molecule has 0 aliphatic rings. The first kappa shape index (κ1) is 16.0. The summed E-state index contributed by atoms with van der Waals surface area (Å²) in [5.74, 6) is 0.752. The average molecular weight is 324 g/mol. The zero-order valence-corrected chi connectivity index (χ0v) is 14.1. The summed E-state index contributed by atoms with van der Waals surface area (Å²) in [7, 11) is 0. The molecule has 1 aromatic heterocycles. The Morgan fingerprint density at radius 3 is 2.62 bits per heavy atom. The minimum Gasteiger partial charge on any atom is -0.431 e. The molecule has 0 unspecified atom stereocenters. The molecule has 21 heavy (non-hydrogen) atoms. The Morgan fingerprint density at radius 1 is 1.38 bits per heavy atom. The second-order valence-electron chi connectivity index (χ2n) is 5.79. The van der Waals surface area contributed by atoms with Crippen LogP contribution in [-0.2, 0) is 11.8 Å². The number of hydrogen-bond donors (Lipinski definition) is 0. The van der Waals surface area contributed by atoms with Crippen molar-refractivity contribution in [2.45, 2.75) is 39.5 Å². The lowest BCUT2D eigenvalue weighted by Crippen LogP contribution is -2.13. The van der Waals surface area contributed by atoms with Crippen LogP contribution in [-0.4, -0.2) is 11.3 Å². The predicted molar refractivity (Wildman–Crippen MR) is 87.1 cm³/mol. The Hall–Kier alpha value is -1.39. The molecule has 1 aromatic carbocycles. The Morgan fingerprint density at radius 2 is 2.10 bits per heavy atom. The van der Waals surface area contributed by atoms with Crippen LogP contribution in [0.4, 0.5) is 0 Å². The standard InChI is InChI=1S/C16H18ClNO2S/c1-5-10-6-7-12(11(8-10)16(2,3)4)20-15-18-14(17)13(9-19)21-15/h6-9H,5H2,1-4H3. The van der Waals surface area contributed by atoms with E-state index in [2.05, 4.69) is 38.7 Å². The van der Waals surface area contributed by atoms with Crippen molar-refractivity contribution in [3.63, 3.8) is 0 Å². The zero-order chi connectivity index (χ0) is 15.6. The number of thiazole rings is 1. The number of rotatable bonds is 4. The molecular weight excluding hydrogens is 306 g/mol. The number of aldehydes is 1. The molecule has 5 heteroatoms. The Kier molecular flexibility index (Phi) is 4.69. The third-order valence-corrected chi connectivity index (χ3v) is 4.41. The highest BCUT2D eigenvalue weighted by molar-refractivity contribution is 7.15. The molecule has 0 spiro atoms. The Balaban J connectivity index is 2.41. The van der Waals surface area contributed by atoms with E-state index in [1.807, 2.05) is 12.1 Å². The first-order valence-electron chi connectivity index (χ1n) is 6.78. The van der Waals surface area contributed by atoms with Gasteiger partial charge in [-0.05, 0) is 23.5 Å². The lowest BCUT2D eigenvalue weighted by molar-refractivity contribution is 0.112. The van der Waals surface area contributed by atoms with Crippen molar-refractivity contribution < 1.29 is 9.53 Å². The first-order chi connectivity index (χ1) is 9.85. The summed E-state index contributed by atoms with van der Waals surface area (Å²) in [6.07, 6.45) is 1.67. The minimum absolute atomic E-state index is 0.0466. The van der Waals surface area contributed by atoms with Gasteiger partial charge in [0.1, 0.15) is 10.6 Å². The SMILES string of the molecule is CCc1ccc(Oc2nc(Cl)c(C=O)s2)c(C(C)(C)C)c1. The Labute approximate surface area is 133 Å². The van der Waals surface area contributed by atoms with Gasteiger partial charge >= 0.3 is 0 Å². The molecule has 0 fully saturated rings. The van der Waals surface area contributed by atoms with Gasteiger partial charge in [-0.2, -0.15) is 4.98 Å². The fraction of sp³-hybridized carbons (Fsp3) is 0.375. The molecule has 0 saturated heterocycles. The predicted octanol–water partition coefficient (Wildman–Crippen LogP) is 5.26. The summed E-state index contributed by atoms with van der Waals surface area (Å²) in [4.78, 5) is 15.3. The van der Waals surface area contributed by atoms with E-state index in [1.165, 1.54) is 5.56 Å². The maximum atomic E-state index is 10.8. The highest BCUT2D eigenvalue weighted by Gasteiger charge is 2.21. The smallest absolute Gasteiger partial charge is 0.280 e. The van der Waals surface area contributed by atoms with Crippen molar-refractivity contribution in [2.24, 2.45) is 0 Å². The first-order valence-corrected chi connectivity index (χ1v) is 7.97. The van der Waals surface area contributed by atoms with E-state index in [4.69, 9.17) is 16.3 Å². The number of halogens is 1. The van der Waals surface area contributed by atoms with Crippen molar-refractivity contribution in [3.8, 4) is 10.9 Å². The topological polar surface area (TPSA) is 39.2 Å². The number of carbonyl (C=O) groups excluding carboxylic acids is 1. The highest BCUT2D eigenvalue weighted by Crippen LogP contribution is 2.37. The van der Waals surface area contributed by atoms with Crippen LogP contribution < -0.4 is 4.74 Å². The molecule has 0 atom stereocenters. The fourth-order valence-corrected chi connectivity index (χ4v) is 2.90. The summed E-state index contributed by atoms with van der Waals surface area (Å²) < 4.78 is 5.86. The molecule has 1 heterocycles. The highest BCUT2D eigenvalue weighted by atomic mass is 35.5. The molecular formula is C16H18ClNO2S. The van der Waals surface area contributed by atoms with Gasteiger partial charge in [0.15, 0.2) is 11.4 Å². The summed E-state index contributed by atoms with van der Waals surface area (Å²) >= 11 is 7.03.